The lowest BCUT2D eigenvalue weighted by molar-refractivity contribution is -0.388. The molecule has 0 saturated carbocycles. The number of rotatable bonds is 8. The molecule has 154 valence electrons. The number of carboxylic acid groups (broad SMARTS) is 2. The van der Waals surface area contributed by atoms with Crippen molar-refractivity contribution in [3.63, 3.8) is 0 Å². The van der Waals surface area contributed by atoms with Crippen molar-refractivity contribution in [3.05, 3.63) is 34.1 Å². The quantitative estimate of drug-likeness (QED) is 0.435. The van der Waals surface area contributed by atoms with E-state index in [2.05, 4.69) is 0 Å². The minimum atomic E-state index is -1.93. The van der Waals surface area contributed by atoms with Gasteiger partial charge in [0.2, 0.25) is 11.6 Å². The van der Waals surface area contributed by atoms with E-state index in [-0.39, 0.29) is 0 Å². The van der Waals surface area contributed by atoms with Crippen LogP contribution in [0.1, 0.15) is 27.2 Å². The second kappa shape index (κ2) is 8.97. The number of para-hydroxylation sites is 1. The molecule has 1 rings (SSSR count). The molecule has 0 heterocycles. The third kappa shape index (κ3) is 6.70. The van der Waals surface area contributed by atoms with Crippen molar-refractivity contribution in [1.29, 1.82) is 0 Å². The highest BCUT2D eigenvalue weighted by atomic mass is 19.1. The molecule has 2 atom stereocenters. The third-order valence-electron chi connectivity index (χ3n) is 3.12. The number of carbonyl (C=O) groups is 3. The third-order valence-corrected chi connectivity index (χ3v) is 3.12. The first-order valence-corrected chi connectivity index (χ1v) is 7.86. The molecule has 1 aromatic carbocycles. The molecule has 0 spiro atoms. The monoisotopic (exact) mass is 402 g/mol. The van der Waals surface area contributed by atoms with Crippen LogP contribution in [-0.4, -0.2) is 50.9 Å². The Morgan fingerprint density at radius 2 is 1.86 bits per heavy atom. The normalized spacial score (nSPS) is 13.1. The zero-order valence-electron chi connectivity index (χ0n) is 15.2. The highest BCUT2D eigenvalue weighted by molar-refractivity contribution is 5.81. The first kappa shape index (κ1) is 22.6. The van der Waals surface area contributed by atoms with E-state index in [0.717, 1.165) is 18.2 Å². The number of benzene rings is 1. The van der Waals surface area contributed by atoms with Crippen LogP contribution in [0.3, 0.4) is 0 Å². The average Bonchev–Trinajstić information content (AvgIpc) is 2.50. The summed E-state index contributed by atoms with van der Waals surface area (Å²) >= 11 is 0. The summed E-state index contributed by atoms with van der Waals surface area (Å²) in [6.45, 7) is 4.61. The summed E-state index contributed by atoms with van der Waals surface area (Å²) in [6, 6.07) is 1.06. The second-order valence-electron chi connectivity index (χ2n) is 6.56. The lowest BCUT2D eigenvalue weighted by Crippen LogP contribution is -2.47. The molecule has 0 fully saturated rings. The Morgan fingerprint density at radius 1 is 1.25 bits per heavy atom. The summed E-state index contributed by atoms with van der Waals surface area (Å²) in [5.74, 6) is -5.21. The van der Waals surface area contributed by atoms with Crippen LogP contribution in [0.15, 0.2) is 18.2 Å². The van der Waals surface area contributed by atoms with Crippen LogP contribution >= 0.6 is 0 Å². The lowest BCUT2D eigenvalue weighted by atomic mass is 10.1. The van der Waals surface area contributed by atoms with Crippen molar-refractivity contribution in [2.45, 2.75) is 44.9 Å². The van der Waals surface area contributed by atoms with Gasteiger partial charge in [-0.1, -0.05) is 6.07 Å². The molecule has 1 amide bonds. The van der Waals surface area contributed by atoms with E-state index in [0.29, 0.717) is 0 Å². The summed E-state index contributed by atoms with van der Waals surface area (Å²) < 4.78 is 23.5. The molecule has 0 aliphatic carbocycles. The number of halogens is 1. The molecule has 3 N–H and O–H groups in total. The predicted octanol–water partition coefficient (Wildman–Crippen LogP) is 1.93. The number of carbonyl (C=O) groups excluding carboxylic acids is 1. The van der Waals surface area contributed by atoms with Crippen molar-refractivity contribution in [2.24, 2.45) is 0 Å². The highest BCUT2D eigenvalue weighted by Crippen LogP contribution is 2.31. The number of nitro benzene ring substituents is 1. The summed E-state index contributed by atoms with van der Waals surface area (Å²) in [7, 11) is 0. The zero-order valence-corrected chi connectivity index (χ0v) is 15.2. The molecule has 11 nitrogen and oxygen atoms in total. The number of alkyl carbamates (subject to hydrolysis) is 1. The molecule has 0 aliphatic rings. The van der Waals surface area contributed by atoms with E-state index in [4.69, 9.17) is 9.47 Å². The number of hydrogen-bond donors (Lipinski definition) is 3. The van der Waals surface area contributed by atoms with Crippen LogP contribution in [0.4, 0.5) is 14.9 Å². The fourth-order valence-corrected chi connectivity index (χ4v) is 2.01. The Bertz CT molecular complexity index is 776. The fraction of sp³-hybridized carbons (Fsp3) is 0.438. The maximum Gasteiger partial charge on any atom is 0.408 e. The molecule has 1 aromatic rings. The Balaban J connectivity index is 3.04. The topological polar surface area (TPSA) is 165 Å². The first-order valence-electron chi connectivity index (χ1n) is 7.86. The number of nitrogens with one attached hydrogen (secondary N) is 1. The largest absolute Gasteiger partial charge is 0.480 e. The number of carboxylic acids is 2. The van der Waals surface area contributed by atoms with Gasteiger partial charge in [-0.15, -0.1) is 0 Å². The molecule has 0 radical (unpaired) electrons. The van der Waals surface area contributed by atoms with Gasteiger partial charge in [0.05, 0.1) is 4.92 Å². The van der Waals surface area contributed by atoms with Gasteiger partial charge in [-0.2, -0.15) is 4.39 Å². The average molecular weight is 402 g/mol. The molecule has 0 aliphatic heterocycles. The van der Waals surface area contributed by atoms with Crippen molar-refractivity contribution in [1.82, 2.24) is 5.32 Å². The maximum absolute atomic E-state index is 13.6. The smallest absolute Gasteiger partial charge is 0.408 e. The summed E-state index contributed by atoms with van der Waals surface area (Å²) in [6.07, 6.45) is -3.85. The van der Waals surface area contributed by atoms with Gasteiger partial charge in [-0.3, -0.25) is 10.1 Å². The minimum Gasteiger partial charge on any atom is -0.480 e. The maximum atomic E-state index is 13.6. The van der Waals surface area contributed by atoms with Crippen LogP contribution in [0, 0.1) is 15.9 Å². The van der Waals surface area contributed by atoms with Crippen LogP contribution in [-0.2, 0) is 14.3 Å². The van der Waals surface area contributed by atoms with Crippen LogP contribution < -0.4 is 10.1 Å². The van der Waals surface area contributed by atoms with E-state index in [1.165, 1.54) is 20.8 Å². The van der Waals surface area contributed by atoms with E-state index >= 15 is 0 Å². The summed E-state index contributed by atoms with van der Waals surface area (Å²) in [5, 5.41) is 31.4. The molecular weight excluding hydrogens is 383 g/mol. The van der Waals surface area contributed by atoms with Gasteiger partial charge >= 0.3 is 23.7 Å². The number of aliphatic carboxylic acids is 2. The van der Waals surface area contributed by atoms with Gasteiger partial charge < -0.3 is 25.0 Å². The van der Waals surface area contributed by atoms with E-state index in [1.807, 2.05) is 5.32 Å². The SMILES string of the molecule is CC(C)(C)OC(=O)NC(CC(Oc1cccc(F)c1[N+](=O)[O-])C(=O)O)C(=O)O. The van der Waals surface area contributed by atoms with Crippen molar-refractivity contribution in [3.8, 4) is 5.75 Å². The Hall–Kier alpha value is -3.44. The van der Waals surface area contributed by atoms with Gasteiger partial charge in [0.25, 0.3) is 0 Å². The number of amides is 1. The molecular formula is C16H19FN2O9. The number of nitro groups is 1. The molecule has 12 heteroatoms. The molecule has 0 saturated heterocycles. The van der Waals surface area contributed by atoms with Crippen LogP contribution in [0.2, 0.25) is 0 Å². The second-order valence-corrected chi connectivity index (χ2v) is 6.56. The number of hydrogen-bond acceptors (Lipinski definition) is 7. The van der Waals surface area contributed by atoms with Crippen LogP contribution in [0.5, 0.6) is 5.75 Å². The summed E-state index contributed by atoms with van der Waals surface area (Å²) in [4.78, 5) is 44.4. The Morgan fingerprint density at radius 3 is 2.32 bits per heavy atom. The van der Waals surface area contributed by atoms with Gasteiger partial charge in [-0.25, -0.2) is 14.4 Å². The summed E-state index contributed by atoms with van der Waals surface area (Å²) in [5.41, 5.74) is -2.03. The van der Waals surface area contributed by atoms with Gasteiger partial charge in [0.15, 0.2) is 6.10 Å². The van der Waals surface area contributed by atoms with Crippen molar-refractivity contribution >= 4 is 23.7 Å². The standard InChI is InChI=1S/C16H19FN2O9/c1-16(2,3)28-15(24)18-9(13(20)21)7-11(14(22)23)27-10-6-4-5-8(17)12(10)19(25)26/h4-6,9,11H,7H2,1-3H3,(H,18,24)(H,20,21)(H,22,23). The lowest BCUT2D eigenvalue weighted by Gasteiger charge is -2.23. The van der Waals surface area contributed by atoms with Crippen LogP contribution in [0.25, 0.3) is 0 Å². The molecule has 2 unspecified atom stereocenters. The zero-order chi connectivity index (χ0) is 21.6. The number of nitrogens with zero attached hydrogens (tertiary/aromatic N) is 1. The Kier molecular flexibility index (Phi) is 7.24. The van der Waals surface area contributed by atoms with Gasteiger partial charge in [0.1, 0.15) is 11.6 Å². The number of ether oxygens (including phenoxy) is 2. The van der Waals surface area contributed by atoms with E-state index in [9.17, 15) is 39.1 Å². The molecule has 0 aromatic heterocycles. The Labute approximate surface area is 158 Å². The van der Waals surface area contributed by atoms with Gasteiger partial charge in [-0.05, 0) is 32.9 Å². The van der Waals surface area contributed by atoms with Gasteiger partial charge in [0, 0.05) is 6.42 Å². The van der Waals surface area contributed by atoms with E-state index < -0.39 is 64.4 Å². The molecule has 28 heavy (non-hydrogen) atoms. The highest BCUT2D eigenvalue weighted by Gasteiger charge is 2.33. The first-order chi connectivity index (χ1) is 12.8. The van der Waals surface area contributed by atoms with Crippen molar-refractivity contribution in [2.75, 3.05) is 0 Å². The fourth-order valence-electron chi connectivity index (χ4n) is 2.01. The van der Waals surface area contributed by atoms with E-state index in [1.54, 1.807) is 0 Å². The predicted molar refractivity (Wildman–Crippen MR) is 90.5 cm³/mol. The molecule has 0 bridgehead atoms. The van der Waals surface area contributed by atoms with Crippen molar-refractivity contribution < 1.29 is 43.4 Å². The minimum absolute atomic E-state index is 0.696.